The molecule has 0 aromatic heterocycles. The van der Waals surface area contributed by atoms with Gasteiger partial charge in [-0.2, -0.15) is 0 Å². The molecule has 2 aromatic carbocycles. The smallest absolute Gasteiger partial charge is 0.147 e. The third-order valence-electron chi connectivity index (χ3n) is 5.61. The van der Waals surface area contributed by atoms with Crippen LogP contribution in [0.2, 0.25) is 0 Å². The number of allylic oxidation sites excluding steroid dienone is 4. The first-order valence-electron chi connectivity index (χ1n) is 9.40. The van der Waals surface area contributed by atoms with Crippen LogP contribution in [0.3, 0.4) is 0 Å². The molecule has 0 atom stereocenters. The second-order valence-electron chi connectivity index (χ2n) is 7.60. The van der Waals surface area contributed by atoms with Crippen molar-refractivity contribution < 1.29 is 19.4 Å². The minimum Gasteiger partial charge on any atom is -0.147 e. The van der Waals surface area contributed by atoms with E-state index in [9.17, 15) is 0 Å². The van der Waals surface area contributed by atoms with Gasteiger partial charge >= 0.3 is 168 Å². The molecule has 4 heteroatoms. The second-order valence-corrected chi connectivity index (χ2v) is 9.09. The van der Waals surface area contributed by atoms with Crippen LogP contribution in [0, 0.1) is 20.8 Å². The molecule has 1 N–H and O–H groups in total. The fourth-order valence-electron chi connectivity index (χ4n) is 3.95. The number of anilines is 1. The van der Waals surface area contributed by atoms with E-state index in [1.165, 1.54) is 55.8 Å². The minimum atomic E-state index is -0.280. The fourth-order valence-corrected chi connectivity index (χ4v) is 5.76. The number of halogens is 2. The number of hydrogen-bond donors (Lipinski definition) is 1. The van der Waals surface area contributed by atoms with E-state index in [1.807, 2.05) is 0 Å². The normalized spacial score (nSPS) is 13.2. The zero-order valence-corrected chi connectivity index (χ0v) is 20.9. The van der Waals surface area contributed by atoms with Gasteiger partial charge in [-0.1, -0.05) is 0 Å². The molecular weight excluding hydrogens is 421 g/mol. The van der Waals surface area contributed by atoms with E-state index in [2.05, 4.69) is 81.7 Å². The van der Waals surface area contributed by atoms with Gasteiger partial charge in [-0.25, -0.2) is 0 Å². The van der Waals surface area contributed by atoms with Gasteiger partial charge in [-0.15, -0.1) is 24.8 Å². The van der Waals surface area contributed by atoms with Gasteiger partial charge in [0.15, 0.2) is 0 Å². The van der Waals surface area contributed by atoms with Crippen molar-refractivity contribution in [1.29, 1.82) is 0 Å². The molecule has 0 fully saturated rings. The molecule has 0 spiro atoms. The Morgan fingerprint density at radius 2 is 1.46 bits per heavy atom. The Bertz CT molecular complexity index is 890. The van der Waals surface area contributed by atoms with Gasteiger partial charge < -0.3 is 0 Å². The summed E-state index contributed by atoms with van der Waals surface area (Å²) < 4.78 is 4.97. The number of rotatable bonds is 5. The molecule has 3 rings (SSSR count). The van der Waals surface area contributed by atoms with Crippen LogP contribution < -0.4 is 3.80 Å². The maximum absolute atomic E-state index is 3.80. The minimum absolute atomic E-state index is 0. The summed E-state index contributed by atoms with van der Waals surface area (Å²) in [5.74, 6) is 0. The molecule has 1 aliphatic rings. The van der Waals surface area contributed by atoms with Gasteiger partial charge in [0.25, 0.3) is 0 Å². The van der Waals surface area contributed by atoms with Crippen LogP contribution in [0.15, 0.2) is 53.1 Å². The molecule has 0 aliphatic heterocycles. The van der Waals surface area contributed by atoms with Crippen LogP contribution in [0.25, 0.3) is 5.57 Å². The van der Waals surface area contributed by atoms with Crippen molar-refractivity contribution >= 4 is 36.1 Å². The van der Waals surface area contributed by atoms with Crippen LogP contribution in [0.4, 0.5) is 5.69 Å². The van der Waals surface area contributed by atoms with Crippen LogP contribution in [0.1, 0.15) is 55.0 Å². The molecule has 1 nitrogen and oxygen atoms in total. The number of benzene rings is 2. The molecular formula is C24H31Cl2NTi. The molecule has 0 saturated heterocycles. The van der Waals surface area contributed by atoms with Gasteiger partial charge in [0.1, 0.15) is 0 Å². The predicted molar refractivity (Wildman–Crippen MR) is 125 cm³/mol. The summed E-state index contributed by atoms with van der Waals surface area (Å²) in [5.41, 5.74) is 14.4. The van der Waals surface area contributed by atoms with E-state index in [-0.39, 0.29) is 44.2 Å². The summed E-state index contributed by atoms with van der Waals surface area (Å²) in [6.45, 7) is 13.4. The predicted octanol–water partition coefficient (Wildman–Crippen LogP) is 7.58. The zero-order chi connectivity index (χ0) is 18.8. The van der Waals surface area contributed by atoms with Crippen molar-refractivity contribution in [3.8, 4) is 0 Å². The largest absolute Gasteiger partial charge is 0.147 e. The van der Waals surface area contributed by atoms with Crippen molar-refractivity contribution in [2.75, 3.05) is 3.80 Å². The van der Waals surface area contributed by atoms with Gasteiger partial charge in [-0.05, 0) is 0 Å². The first kappa shape index (κ1) is 25.1. The average Bonchev–Trinajstić information content (AvgIpc) is 2.85. The van der Waals surface area contributed by atoms with E-state index in [4.69, 9.17) is 0 Å². The van der Waals surface area contributed by atoms with Crippen LogP contribution >= 0.6 is 24.8 Å². The molecule has 1 aliphatic carbocycles. The van der Waals surface area contributed by atoms with E-state index in [0.29, 0.717) is 0 Å². The Morgan fingerprint density at radius 3 is 2.04 bits per heavy atom. The first-order valence-corrected chi connectivity index (χ1v) is 11.3. The van der Waals surface area contributed by atoms with Crippen molar-refractivity contribution in [2.45, 2.75) is 52.7 Å². The zero-order valence-electron chi connectivity index (χ0n) is 17.7. The fraction of sp³-hybridized carbons (Fsp3) is 0.333. The molecule has 2 aromatic rings. The van der Waals surface area contributed by atoms with Crippen LogP contribution in [0.5, 0.6) is 0 Å². The topological polar surface area (TPSA) is 12.0 Å². The Labute approximate surface area is 192 Å². The molecule has 150 valence electrons. The van der Waals surface area contributed by atoms with Gasteiger partial charge in [-0.3, -0.25) is 0 Å². The Kier molecular flexibility index (Phi) is 9.57. The van der Waals surface area contributed by atoms with Crippen molar-refractivity contribution in [3.05, 3.63) is 80.9 Å². The van der Waals surface area contributed by atoms with E-state index in [1.54, 1.807) is 0 Å². The Morgan fingerprint density at radius 1 is 0.857 bits per heavy atom. The Balaban J connectivity index is 0.00000196. The quantitative estimate of drug-likeness (QED) is 0.461. The molecule has 0 amide bonds. The van der Waals surface area contributed by atoms with Crippen LogP contribution in [-0.2, 0) is 24.1 Å². The summed E-state index contributed by atoms with van der Waals surface area (Å²) in [4.78, 5) is 0. The van der Waals surface area contributed by atoms with Gasteiger partial charge in [0.2, 0.25) is 0 Å². The molecule has 0 heterocycles. The molecule has 0 saturated carbocycles. The standard InChI is InChI=1S/C15H17.C9H12N.2ClH.Ti/c1-10-7-5-6-8-14(10)15-9-11(2)12(3)13(15)4;1-6-4-7(2)9(10)8(3)5-6;;;/h5-8H,1,9H2,2-4H3;4-5,10H,1-3H3;2*1H;/q;-1;;;+1. The summed E-state index contributed by atoms with van der Waals surface area (Å²) in [6.07, 6.45) is 1.11. The van der Waals surface area contributed by atoms with E-state index >= 15 is 0 Å². The molecule has 0 radical (unpaired) electrons. The van der Waals surface area contributed by atoms with Gasteiger partial charge in [0.05, 0.1) is 0 Å². The monoisotopic (exact) mass is 451 g/mol. The van der Waals surface area contributed by atoms with E-state index in [0.717, 1.165) is 11.1 Å². The average molecular weight is 452 g/mol. The first-order chi connectivity index (χ1) is 12.4. The van der Waals surface area contributed by atoms with Crippen molar-refractivity contribution in [1.82, 2.24) is 0 Å². The van der Waals surface area contributed by atoms with Gasteiger partial charge in [0, 0.05) is 0 Å². The molecule has 0 bridgehead atoms. The van der Waals surface area contributed by atoms with Crippen molar-refractivity contribution in [2.24, 2.45) is 0 Å². The summed E-state index contributed by atoms with van der Waals surface area (Å²) >= 11 is -0.280. The molecule has 28 heavy (non-hydrogen) atoms. The second kappa shape index (κ2) is 10.7. The third kappa shape index (κ3) is 5.33. The van der Waals surface area contributed by atoms with Crippen LogP contribution in [-0.4, -0.2) is 0 Å². The van der Waals surface area contributed by atoms with Crippen molar-refractivity contribution in [3.63, 3.8) is 0 Å². The maximum Gasteiger partial charge on any atom is -0.147 e. The molecule has 0 unspecified atom stereocenters. The summed E-state index contributed by atoms with van der Waals surface area (Å²) in [5, 5.41) is 0. The number of hydrogen-bond acceptors (Lipinski definition) is 1. The third-order valence-corrected chi connectivity index (χ3v) is 7.15. The summed E-state index contributed by atoms with van der Waals surface area (Å²) in [7, 11) is 0. The number of aryl methyl sites for hydroxylation is 3. The van der Waals surface area contributed by atoms with E-state index < -0.39 is 0 Å². The number of nitrogens with one attached hydrogen (secondary N) is 1. The SMILES string of the molecule is CC1=C(C)C(C)=C(c2ccccc2[CH2][Ti][NH]c2c(C)cc(C)cc2C)C1.Cl.Cl. The summed E-state index contributed by atoms with van der Waals surface area (Å²) in [6, 6.07) is 13.6. The maximum atomic E-state index is 3.80. The Hall–Kier alpha value is -0.986.